The number of carbonyl (C=O) groups is 2. The second-order valence-corrected chi connectivity index (χ2v) is 4.92. The lowest BCUT2D eigenvalue weighted by Crippen LogP contribution is -2.38. The van der Waals surface area contributed by atoms with Crippen molar-refractivity contribution < 1.29 is 9.59 Å². The van der Waals surface area contributed by atoms with Crippen LogP contribution in [0.1, 0.15) is 6.92 Å². The first-order chi connectivity index (χ1) is 8.47. The van der Waals surface area contributed by atoms with E-state index in [1.165, 1.54) is 6.92 Å². The summed E-state index contributed by atoms with van der Waals surface area (Å²) in [6.07, 6.45) is 1.93. The maximum Gasteiger partial charge on any atom is 0.234 e. The average molecular weight is 282 g/mol. The molecule has 1 amide bonds. The van der Waals surface area contributed by atoms with Gasteiger partial charge in [0.2, 0.25) is 5.91 Å². The molecule has 6 heteroatoms. The van der Waals surface area contributed by atoms with Crippen molar-refractivity contribution in [2.45, 2.75) is 11.8 Å². The van der Waals surface area contributed by atoms with Gasteiger partial charge < -0.3 is 11.1 Å². The standard InChI is InChI=1S/C12H14N2O2S2/c1-7(15)10(11(13)16)12(17)14-8-5-3-4-6-9(8)18-2/h3-6,10H,1-2H3,(H2,13,16)(H,14,17). The number of nitrogens with two attached hydrogens (primary N) is 1. The fourth-order valence-corrected chi connectivity index (χ4v) is 2.41. The Morgan fingerprint density at radius 3 is 2.50 bits per heavy atom. The number of Topliss-reactive ketones (excluding diaryl/α,β-unsaturated/α-hetero) is 1. The highest BCUT2D eigenvalue weighted by molar-refractivity contribution is 7.98. The van der Waals surface area contributed by atoms with Gasteiger partial charge in [0.05, 0.1) is 10.7 Å². The summed E-state index contributed by atoms with van der Waals surface area (Å²) in [5.41, 5.74) is 5.94. The molecular formula is C12H14N2O2S2. The van der Waals surface area contributed by atoms with Crippen LogP contribution in [-0.2, 0) is 9.59 Å². The fourth-order valence-electron chi connectivity index (χ4n) is 1.47. The third-order valence-corrected chi connectivity index (χ3v) is 3.45. The molecule has 1 atom stereocenters. The number of primary amides is 1. The van der Waals surface area contributed by atoms with Crippen LogP contribution >= 0.6 is 24.0 Å². The van der Waals surface area contributed by atoms with Crippen molar-refractivity contribution in [1.29, 1.82) is 0 Å². The topological polar surface area (TPSA) is 72.2 Å². The summed E-state index contributed by atoms with van der Waals surface area (Å²) in [4.78, 5) is 23.6. The van der Waals surface area contributed by atoms with Gasteiger partial charge in [-0.25, -0.2) is 0 Å². The van der Waals surface area contributed by atoms with Crippen LogP contribution in [0, 0.1) is 5.92 Å². The van der Waals surface area contributed by atoms with E-state index in [1.807, 2.05) is 30.5 Å². The molecule has 3 N–H and O–H groups in total. The van der Waals surface area contributed by atoms with Gasteiger partial charge in [0.15, 0.2) is 0 Å². The Kier molecular flexibility index (Phi) is 5.30. The van der Waals surface area contributed by atoms with Gasteiger partial charge in [-0.05, 0) is 25.3 Å². The number of hydrogen-bond donors (Lipinski definition) is 2. The van der Waals surface area contributed by atoms with Crippen LogP contribution in [0.5, 0.6) is 0 Å². The molecule has 0 aliphatic rings. The first kappa shape index (κ1) is 14.7. The number of rotatable bonds is 5. The molecule has 0 bridgehead atoms. The second kappa shape index (κ2) is 6.51. The summed E-state index contributed by atoms with van der Waals surface area (Å²) in [5.74, 6) is -2.17. The fraction of sp³-hybridized carbons (Fsp3) is 0.250. The number of amides is 1. The van der Waals surface area contributed by atoms with E-state index in [4.69, 9.17) is 18.0 Å². The van der Waals surface area contributed by atoms with Gasteiger partial charge in [0.1, 0.15) is 11.7 Å². The van der Waals surface area contributed by atoms with Crippen molar-refractivity contribution in [2.24, 2.45) is 11.7 Å². The largest absolute Gasteiger partial charge is 0.369 e. The molecule has 0 heterocycles. The Morgan fingerprint density at radius 1 is 1.39 bits per heavy atom. The van der Waals surface area contributed by atoms with E-state index in [-0.39, 0.29) is 10.8 Å². The molecule has 0 spiro atoms. The molecule has 0 fully saturated rings. The van der Waals surface area contributed by atoms with Crippen molar-refractivity contribution in [3.05, 3.63) is 24.3 Å². The molecule has 1 rings (SSSR count). The molecule has 0 saturated heterocycles. The Morgan fingerprint density at radius 2 is 2.00 bits per heavy atom. The Hall–Kier alpha value is -1.40. The van der Waals surface area contributed by atoms with Crippen LogP contribution in [0.3, 0.4) is 0 Å². The van der Waals surface area contributed by atoms with Crippen LogP contribution in [0.4, 0.5) is 5.69 Å². The van der Waals surface area contributed by atoms with Gasteiger partial charge in [-0.1, -0.05) is 24.4 Å². The summed E-state index contributed by atoms with van der Waals surface area (Å²) in [6.45, 7) is 1.30. The van der Waals surface area contributed by atoms with Crippen LogP contribution in [0.15, 0.2) is 29.2 Å². The molecule has 0 radical (unpaired) electrons. The van der Waals surface area contributed by atoms with Gasteiger partial charge in [0, 0.05) is 4.90 Å². The van der Waals surface area contributed by atoms with E-state index < -0.39 is 11.8 Å². The van der Waals surface area contributed by atoms with Crippen molar-refractivity contribution >= 4 is 46.3 Å². The van der Waals surface area contributed by atoms with Crippen molar-refractivity contribution in [3.63, 3.8) is 0 Å². The molecule has 1 aromatic carbocycles. The van der Waals surface area contributed by atoms with Crippen molar-refractivity contribution in [2.75, 3.05) is 11.6 Å². The van der Waals surface area contributed by atoms with Gasteiger partial charge in [0.25, 0.3) is 0 Å². The molecule has 1 aromatic rings. The third-order valence-electron chi connectivity index (χ3n) is 2.32. The zero-order chi connectivity index (χ0) is 13.7. The summed E-state index contributed by atoms with van der Waals surface area (Å²) in [7, 11) is 0. The predicted octanol–water partition coefficient (Wildman–Crippen LogP) is 1.84. The van der Waals surface area contributed by atoms with E-state index in [0.29, 0.717) is 0 Å². The van der Waals surface area contributed by atoms with E-state index in [1.54, 1.807) is 11.8 Å². The average Bonchev–Trinajstić information content (AvgIpc) is 2.28. The molecule has 18 heavy (non-hydrogen) atoms. The SMILES string of the molecule is CSc1ccccc1NC(=S)C(C(C)=O)C(N)=O. The lowest BCUT2D eigenvalue weighted by atomic mass is 10.0. The Labute approximate surface area is 115 Å². The van der Waals surface area contributed by atoms with E-state index in [2.05, 4.69) is 5.32 Å². The number of thiocarbonyl (C=S) groups is 1. The molecule has 0 aromatic heterocycles. The quantitative estimate of drug-likeness (QED) is 0.490. The van der Waals surface area contributed by atoms with Crippen molar-refractivity contribution in [1.82, 2.24) is 0 Å². The predicted molar refractivity (Wildman–Crippen MR) is 77.8 cm³/mol. The summed E-state index contributed by atoms with van der Waals surface area (Å²) in [5, 5.41) is 2.91. The molecule has 4 nitrogen and oxygen atoms in total. The number of para-hydroxylation sites is 1. The zero-order valence-electron chi connectivity index (χ0n) is 10.1. The van der Waals surface area contributed by atoms with E-state index in [0.717, 1.165) is 10.6 Å². The summed E-state index contributed by atoms with van der Waals surface area (Å²) >= 11 is 6.62. The van der Waals surface area contributed by atoms with Crippen LogP contribution < -0.4 is 11.1 Å². The third kappa shape index (κ3) is 3.54. The Bertz CT molecular complexity index is 475. The first-order valence-electron chi connectivity index (χ1n) is 5.21. The van der Waals surface area contributed by atoms with Gasteiger partial charge in [-0.3, -0.25) is 9.59 Å². The lowest BCUT2D eigenvalue weighted by molar-refractivity contribution is -0.128. The number of ketones is 1. The number of carbonyl (C=O) groups excluding carboxylic acids is 2. The molecular weight excluding hydrogens is 268 g/mol. The van der Waals surface area contributed by atoms with Gasteiger partial charge >= 0.3 is 0 Å². The summed E-state index contributed by atoms with van der Waals surface area (Å²) < 4.78 is 0. The summed E-state index contributed by atoms with van der Waals surface area (Å²) in [6, 6.07) is 7.49. The minimum atomic E-state index is -1.07. The highest BCUT2D eigenvalue weighted by atomic mass is 32.2. The molecule has 0 saturated carbocycles. The lowest BCUT2D eigenvalue weighted by Gasteiger charge is -2.15. The maximum atomic E-state index is 11.3. The van der Waals surface area contributed by atoms with Gasteiger partial charge in [-0.2, -0.15) is 0 Å². The Balaban J connectivity index is 2.93. The minimum absolute atomic E-state index is 0.136. The molecule has 0 aliphatic heterocycles. The van der Waals surface area contributed by atoms with Crippen molar-refractivity contribution in [3.8, 4) is 0 Å². The highest BCUT2D eigenvalue weighted by Crippen LogP contribution is 2.25. The zero-order valence-corrected chi connectivity index (χ0v) is 11.7. The second-order valence-electron chi connectivity index (χ2n) is 3.64. The van der Waals surface area contributed by atoms with Crippen LogP contribution in [0.25, 0.3) is 0 Å². The molecule has 1 unspecified atom stereocenters. The monoisotopic (exact) mass is 282 g/mol. The normalized spacial score (nSPS) is 11.7. The number of nitrogens with one attached hydrogen (secondary N) is 1. The highest BCUT2D eigenvalue weighted by Gasteiger charge is 2.26. The molecule has 0 aliphatic carbocycles. The minimum Gasteiger partial charge on any atom is -0.369 e. The van der Waals surface area contributed by atoms with E-state index >= 15 is 0 Å². The maximum absolute atomic E-state index is 11.3. The number of anilines is 1. The first-order valence-corrected chi connectivity index (χ1v) is 6.84. The van der Waals surface area contributed by atoms with Crippen LogP contribution in [0.2, 0.25) is 0 Å². The number of thioether (sulfide) groups is 1. The van der Waals surface area contributed by atoms with Crippen LogP contribution in [-0.4, -0.2) is 22.9 Å². The molecule has 96 valence electrons. The smallest absolute Gasteiger partial charge is 0.234 e. The number of hydrogen-bond acceptors (Lipinski definition) is 4. The number of benzene rings is 1. The van der Waals surface area contributed by atoms with E-state index in [9.17, 15) is 9.59 Å². The van der Waals surface area contributed by atoms with Gasteiger partial charge in [-0.15, -0.1) is 11.8 Å².